The number of anilines is 1. The van der Waals surface area contributed by atoms with E-state index in [9.17, 15) is 4.79 Å². The first-order chi connectivity index (χ1) is 8.49. The summed E-state index contributed by atoms with van der Waals surface area (Å²) in [6.07, 6.45) is 0. The van der Waals surface area contributed by atoms with Crippen molar-refractivity contribution >= 4 is 46.1 Å². The van der Waals surface area contributed by atoms with Crippen LogP contribution in [0.1, 0.15) is 20.1 Å². The fraction of sp³-hybridized carbons (Fsp3) is 0.154. The highest BCUT2D eigenvalue weighted by Crippen LogP contribution is 2.30. The molecule has 94 valence electrons. The zero-order valence-corrected chi connectivity index (χ0v) is 12.2. The van der Waals surface area contributed by atoms with E-state index in [1.54, 1.807) is 29.5 Å². The summed E-state index contributed by atoms with van der Waals surface area (Å²) in [7, 11) is 0. The van der Waals surface area contributed by atoms with Crippen LogP contribution in [-0.2, 0) is 0 Å². The summed E-state index contributed by atoms with van der Waals surface area (Å²) in [4.78, 5) is 14.2. The van der Waals surface area contributed by atoms with Gasteiger partial charge in [0, 0.05) is 9.75 Å². The third-order valence-corrected chi connectivity index (χ3v) is 4.27. The van der Waals surface area contributed by atoms with Crippen LogP contribution < -0.4 is 5.32 Å². The smallest absolute Gasteiger partial charge is 0.256 e. The molecule has 1 N–H and O–H groups in total. The predicted octanol–water partition coefficient (Wildman–Crippen LogP) is 4.92. The van der Waals surface area contributed by atoms with E-state index in [4.69, 9.17) is 23.2 Å². The second kappa shape index (κ2) is 5.31. The van der Waals surface area contributed by atoms with E-state index in [1.165, 1.54) is 0 Å². The maximum Gasteiger partial charge on any atom is 0.256 e. The van der Waals surface area contributed by atoms with Crippen LogP contribution in [0, 0.1) is 13.8 Å². The molecule has 1 amide bonds. The van der Waals surface area contributed by atoms with Crippen molar-refractivity contribution in [3.63, 3.8) is 0 Å². The van der Waals surface area contributed by atoms with Gasteiger partial charge in [-0.2, -0.15) is 0 Å². The Labute approximate surface area is 120 Å². The van der Waals surface area contributed by atoms with Crippen molar-refractivity contribution in [2.75, 3.05) is 5.32 Å². The van der Waals surface area contributed by atoms with Gasteiger partial charge in [0.1, 0.15) is 0 Å². The number of carbonyl (C=O) groups is 1. The Bertz CT molecular complexity index is 607. The van der Waals surface area contributed by atoms with Gasteiger partial charge in [-0.1, -0.05) is 29.3 Å². The van der Waals surface area contributed by atoms with E-state index in [0.717, 1.165) is 9.75 Å². The number of benzene rings is 1. The van der Waals surface area contributed by atoms with Crippen LogP contribution in [0.2, 0.25) is 10.0 Å². The van der Waals surface area contributed by atoms with Crippen LogP contribution in [0.3, 0.4) is 0 Å². The Morgan fingerprint density at radius 3 is 2.61 bits per heavy atom. The van der Waals surface area contributed by atoms with E-state index in [1.807, 2.05) is 19.9 Å². The van der Waals surface area contributed by atoms with Gasteiger partial charge < -0.3 is 5.32 Å². The molecule has 0 aliphatic carbocycles. The number of hydrogen-bond donors (Lipinski definition) is 1. The molecule has 1 heterocycles. The summed E-state index contributed by atoms with van der Waals surface area (Å²) in [5.41, 5.74) is 1.20. The maximum absolute atomic E-state index is 12.1. The van der Waals surface area contributed by atoms with Crippen LogP contribution in [0.4, 0.5) is 5.69 Å². The van der Waals surface area contributed by atoms with Crippen molar-refractivity contribution in [1.29, 1.82) is 0 Å². The largest absolute Gasteiger partial charge is 0.321 e. The van der Waals surface area contributed by atoms with Crippen LogP contribution in [0.25, 0.3) is 0 Å². The molecule has 0 radical (unpaired) electrons. The van der Waals surface area contributed by atoms with E-state index in [0.29, 0.717) is 21.3 Å². The van der Waals surface area contributed by atoms with Crippen molar-refractivity contribution in [2.45, 2.75) is 13.8 Å². The molecule has 1 aromatic carbocycles. The van der Waals surface area contributed by atoms with E-state index >= 15 is 0 Å². The Morgan fingerprint density at radius 1 is 1.28 bits per heavy atom. The molecule has 18 heavy (non-hydrogen) atoms. The van der Waals surface area contributed by atoms with Gasteiger partial charge in [0.05, 0.1) is 21.3 Å². The van der Waals surface area contributed by atoms with Gasteiger partial charge in [-0.15, -0.1) is 11.3 Å². The molecule has 0 saturated carbocycles. The molecule has 2 nitrogen and oxygen atoms in total. The quantitative estimate of drug-likeness (QED) is 0.837. The first-order valence-corrected chi connectivity index (χ1v) is 6.88. The molecule has 0 aliphatic rings. The predicted molar refractivity (Wildman–Crippen MR) is 78.2 cm³/mol. The highest BCUT2D eigenvalue weighted by molar-refractivity contribution is 7.12. The molecule has 0 unspecified atom stereocenters. The van der Waals surface area contributed by atoms with Crippen LogP contribution in [0.5, 0.6) is 0 Å². The molecule has 1 aromatic heterocycles. The highest BCUT2D eigenvalue weighted by Gasteiger charge is 2.14. The number of amides is 1. The lowest BCUT2D eigenvalue weighted by molar-refractivity contribution is 0.102. The standard InChI is InChI=1S/C13H11Cl2NOS/c1-7-6-9(8(2)18-7)13(17)16-11-5-3-4-10(14)12(11)15/h3-6H,1-2H3,(H,16,17). The summed E-state index contributed by atoms with van der Waals surface area (Å²) in [6.45, 7) is 3.90. The Hall–Kier alpha value is -1.03. The second-order valence-electron chi connectivity index (χ2n) is 3.88. The minimum atomic E-state index is -0.166. The van der Waals surface area contributed by atoms with Gasteiger partial charge in [-0.25, -0.2) is 0 Å². The minimum Gasteiger partial charge on any atom is -0.321 e. The molecule has 0 atom stereocenters. The lowest BCUT2D eigenvalue weighted by Crippen LogP contribution is -2.12. The molecular formula is C13H11Cl2NOS. The van der Waals surface area contributed by atoms with Gasteiger partial charge in [0.2, 0.25) is 0 Å². The van der Waals surface area contributed by atoms with Crippen molar-refractivity contribution in [2.24, 2.45) is 0 Å². The Morgan fingerprint density at radius 2 is 2.00 bits per heavy atom. The Balaban J connectivity index is 2.27. The third-order valence-electron chi connectivity index (χ3n) is 2.49. The number of thiophene rings is 1. The summed E-state index contributed by atoms with van der Waals surface area (Å²) < 4.78 is 0. The summed E-state index contributed by atoms with van der Waals surface area (Å²) in [5.74, 6) is -0.166. The lowest BCUT2D eigenvalue weighted by Gasteiger charge is -2.07. The monoisotopic (exact) mass is 299 g/mol. The van der Waals surface area contributed by atoms with Crippen LogP contribution >= 0.6 is 34.5 Å². The van der Waals surface area contributed by atoms with Gasteiger partial charge in [-0.3, -0.25) is 4.79 Å². The van der Waals surface area contributed by atoms with Crippen molar-refractivity contribution in [3.8, 4) is 0 Å². The van der Waals surface area contributed by atoms with E-state index < -0.39 is 0 Å². The summed E-state index contributed by atoms with van der Waals surface area (Å²) >= 11 is 13.5. The fourth-order valence-corrected chi connectivity index (χ4v) is 2.92. The SMILES string of the molecule is Cc1cc(C(=O)Nc2cccc(Cl)c2Cl)c(C)s1. The minimum absolute atomic E-state index is 0.166. The highest BCUT2D eigenvalue weighted by atomic mass is 35.5. The Kier molecular flexibility index (Phi) is 3.95. The van der Waals surface area contributed by atoms with Crippen LogP contribution in [-0.4, -0.2) is 5.91 Å². The van der Waals surface area contributed by atoms with E-state index in [2.05, 4.69) is 5.32 Å². The molecule has 0 spiro atoms. The van der Waals surface area contributed by atoms with Gasteiger partial charge >= 0.3 is 0 Å². The first kappa shape index (κ1) is 13.4. The second-order valence-corrected chi connectivity index (χ2v) is 6.13. The number of halogens is 2. The normalized spacial score (nSPS) is 10.4. The van der Waals surface area contributed by atoms with Crippen molar-refractivity contribution in [3.05, 3.63) is 49.6 Å². The topological polar surface area (TPSA) is 29.1 Å². The molecule has 2 rings (SSSR count). The molecule has 0 fully saturated rings. The van der Waals surface area contributed by atoms with Gasteiger partial charge in [-0.05, 0) is 32.0 Å². The van der Waals surface area contributed by atoms with Gasteiger partial charge in [0.25, 0.3) is 5.91 Å². The summed E-state index contributed by atoms with van der Waals surface area (Å²) in [5, 5.41) is 3.56. The molecule has 2 aromatic rings. The number of rotatable bonds is 2. The molecule has 0 saturated heterocycles. The number of nitrogens with one attached hydrogen (secondary N) is 1. The fourth-order valence-electron chi connectivity index (χ4n) is 1.65. The zero-order valence-electron chi connectivity index (χ0n) is 9.88. The summed E-state index contributed by atoms with van der Waals surface area (Å²) in [6, 6.07) is 7.02. The molecule has 5 heteroatoms. The average molecular weight is 300 g/mol. The number of hydrogen-bond acceptors (Lipinski definition) is 2. The van der Waals surface area contributed by atoms with Crippen molar-refractivity contribution < 1.29 is 4.79 Å². The molecular weight excluding hydrogens is 289 g/mol. The zero-order chi connectivity index (χ0) is 13.3. The van der Waals surface area contributed by atoms with Gasteiger partial charge in [0.15, 0.2) is 0 Å². The number of aryl methyl sites for hydroxylation is 2. The average Bonchev–Trinajstić information content (AvgIpc) is 2.64. The van der Waals surface area contributed by atoms with Crippen LogP contribution in [0.15, 0.2) is 24.3 Å². The maximum atomic E-state index is 12.1. The third kappa shape index (κ3) is 2.69. The lowest BCUT2D eigenvalue weighted by atomic mass is 10.2. The molecule has 0 bridgehead atoms. The first-order valence-electron chi connectivity index (χ1n) is 5.31. The number of carbonyl (C=O) groups excluding carboxylic acids is 1. The molecule has 0 aliphatic heterocycles. The van der Waals surface area contributed by atoms with E-state index in [-0.39, 0.29) is 5.91 Å². The van der Waals surface area contributed by atoms with Crippen molar-refractivity contribution in [1.82, 2.24) is 0 Å².